The van der Waals surface area contributed by atoms with Crippen LogP contribution in [-0.2, 0) is 10.0 Å². The van der Waals surface area contributed by atoms with Crippen molar-refractivity contribution in [3.63, 3.8) is 0 Å². The molecule has 0 aromatic heterocycles. The van der Waals surface area contributed by atoms with Gasteiger partial charge in [0.2, 0.25) is 10.0 Å². The van der Waals surface area contributed by atoms with Gasteiger partial charge in [0.25, 0.3) is 0 Å². The van der Waals surface area contributed by atoms with Crippen LogP contribution in [0.1, 0.15) is 6.42 Å². The fourth-order valence-corrected chi connectivity index (χ4v) is 3.46. The van der Waals surface area contributed by atoms with Crippen molar-refractivity contribution in [2.24, 2.45) is 5.73 Å². The normalized spacial score (nSPS) is 20.6. The molecule has 0 saturated carbocycles. The molecule has 1 aliphatic heterocycles. The molecule has 1 aromatic rings. The molecule has 1 atom stereocenters. The highest BCUT2D eigenvalue weighted by Gasteiger charge is 2.32. The molecular formula is C10H13N3O5S. The third-order valence-corrected chi connectivity index (χ3v) is 4.83. The molecule has 0 aliphatic carbocycles. The maximum Gasteiger partial charge on any atom is 0.312 e. The fraction of sp³-hybridized carbons (Fsp3) is 0.400. The van der Waals surface area contributed by atoms with Gasteiger partial charge in [-0.15, -0.1) is 0 Å². The molecule has 1 aliphatic rings. The zero-order valence-corrected chi connectivity index (χ0v) is 10.7. The minimum absolute atomic E-state index is 0.191. The molecule has 9 heteroatoms. The van der Waals surface area contributed by atoms with Crippen LogP contribution in [0.4, 0.5) is 5.69 Å². The van der Waals surface area contributed by atoms with E-state index in [1.165, 1.54) is 4.31 Å². The second kappa shape index (κ2) is 4.76. The van der Waals surface area contributed by atoms with Crippen LogP contribution in [0.15, 0.2) is 23.1 Å². The number of phenols is 1. The summed E-state index contributed by atoms with van der Waals surface area (Å²) in [5, 5.41) is 20.0. The highest BCUT2D eigenvalue weighted by molar-refractivity contribution is 7.89. The lowest BCUT2D eigenvalue weighted by atomic mass is 10.3. The molecule has 1 saturated heterocycles. The topological polar surface area (TPSA) is 127 Å². The minimum atomic E-state index is -3.81. The van der Waals surface area contributed by atoms with E-state index in [4.69, 9.17) is 5.73 Å². The lowest BCUT2D eigenvalue weighted by molar-refractivity contribution is -0.386. The zero-order valence-electron chi connectivity index (χ0n) is 9.89. The van der Waals surface area contributed by atoms with Gasteiger partial charge in [0, 0.05) is 25.2 Å². The number of aromatic hydroxyl groups is 1. The highest BCUT2D eigenvalue weighted by Crippen LogP contribution is 2.30. The van der Waals surface area contributed by atoms with Crippen LogP contribution in [0, 0.1) is 10.1 Å². The van der Waals surface area contributed by atoms with Gasteiger partial charge in [0.15, 0.2) is 5.75 Å². The smallest absolute Gasteiger partial charge is 0.312 e. The first-order valence-corrected chi connectivity index (χ1v) is 6.99. The number of nitro groups is 1. The first kappa shape index (κ1) is 13.7. The van der Waals surface area contributed by atoms with E-state index >= 15 is 0 Å². The molecule has 19 heavy (non-hydrogen) atoms. The Kier molecular flexibility index (Phi) is 3.43. The van der Waals surface area contributed by atoms with Gasteiger partial charge < -0.3 is 10.8 Å². The number of benzene rings is 1. The van der Waals surface area contributed by atoms with E-state index in [-0.39, 0.29) is 24.0 Å². The average Bonchev–Trinajstić information content (AvgIpc) is 2.76. The monoisotopic (exact) mass is 287 g/mol. The SMILES string of the molecule is N[C@@H]1CCN(S(=O)(=O)c2ccc(O)c([N+](=O)[O-])c2)C1. The van der Waals surface area contributed by atoms with Crippen molar-refractivity contribution >= 4 is 15.7 Å². The maximum atomic E-state index is 12.2. The summed E-state index contributed by atoms with van der Waals surface area (Å²) in [6.45, 7) is 0.481. The van der Waals surface area contributed by atoms with Crippen molar-refractivity contribution in [3.8, 4) is 5.75 Å². The van der Waals surface area contributed by atoms with Crippen LogP contribution >= 0.6 is 0 Å². The maximum absolute atomic E-state index is 12.2. The van der Waals surface area contributed by atoms with Gasteiger partial charge in [-0.05, 0) is 18.6 Å². The molecule has 2 rings (SSSR count). The minimum Gasteiger partial charge on any atom is -0.502 e. The third kappa shape index (κ3) is 2.53. The van der Waals surface area contributed by atoms with Crippen molar-refractivity contribution in [3.05, 3.63) is 28.3 Å². The van der Waals surface area contributed by atoms with Crippen LogP contribution in [0.25, 0.3) is 0 Å². The zero-order chi connectivity index (χ0) is 14.2. The molecule has 8 nitrogen and oxygen atoms in total. The van der Waals surface area contributed by atoms with Gasteiger partial charge in [0.1, 0.15) is 0 Å². The molecule has 0 amide bonds. The standard InChI is InChI=1S/C10H13N3O5S/c11-7-3-4-12(6-7)19(17,18)8-1-2-10(14)9(5-8)13(15)16/h1-2,5,7,14H,3-4,6,11H2/t7-/m1/s1. The van der Waals surface area contributed by atoms with Crippen LogP contribution in [0.3, 0.4) is 0 Å². The Balaban J connectivity index is 2.41. The summed E-state index contributed by atoms with van der Waals surface area (Å²) in [5.74, 6) is -0.568. The summed E-state index contributed by atoms with van der Waals surface area (Å²) < 4.78 is 25.7. The van der Waals surface area contributed by atoms with E-state index in [0.717, 1.165) is 18.2 Å². The number of hydrogen-bond acceptors (Lipinski definition) is 6. The van der Waals surface area contributed by atoms with E-state index in [1.807, 2.05) is 0 Å². The fourth-order valence-electron chi connectivity index (χ4n) is 1.93. The second-order valence-electron chi connectivity index (χ2n) is 4.32. The number of sulfonamides is 1. The van der Waals surface area contributed by atoms with E-state index in [1.54, 1.807) is 0 Å². The third-order valence-electron chi connectivity index (χ3n) is 2.97. The Hall–Kier alpha value is -1.71. The number of nitrogens with two attached hydrogens (primary N) is 1. The molecule has 1 fully saturated rings. The van der Waals surface area contributed by atoms with Gasteiger partial charge in [-0.2, -0.15) is 4.31 Å². The van der Waals surface area contributed by atoms with E-state index in [9.17, 15) is 23.6 Å². The average molecular weight is 287 g/mol. The van der Waals surface area contributed by atoms with Crippen molar-refractivity contribution in [2.45, 2.75) is 17.4 Å². The molecular weight excluding hydrogens is 274 g/mol. The van der Waals surface area contributed by atoms with Crippen LogP contribution in [0.2, 0.25) is 0 Å². The summed E-state index contributed by atoms with van der Waals surface area (Å²) in [6, 6.07) is 2.78. The van der Waals surface area contributed by atoms with E-state index in [0.29, 0.717) is 6.42 Å². The largest absolute Gasteiger partial charge is 0.502 e. The van der Waals surface area contributed by atoms with Gasteiger partial charge in [0.05, 0.1) is 9.82 Å². The van der Waals surface area contributed by atoms with Crippen LogP contribution < -0.4 is 5.73 Å². The molecule has 1 heterocycles. The quantitative estimate of drug-likeness (QED) is 0.596. The highest BCUT2D eigenvalue weighted by atomic mass is 32.2. The lowest BCUT2D eigenvalue weighted by Crippen LogP contribution is -2.31. The summed E-state index contributed by atoms with van der Waals surface area (Å²) in [4.78, 5) is 9.65. The predicted molar refractivity (Wildman–Crippen MR) is 66.1 cm³/mol. The number of rotatable bonds is 3. The molecule has 3 N–H and O–H groups in total. The summed E-state index contributed by atoms with van der Waals surface area (Å²) in [7, 11) is -3.81. The molecule has 1 aromatic carbocycles. The van der Waals surface area contributed by atoms with Crippen molar-refractivity contribution in [1.29, 1.82) is 0 Å². The van der Waals surface area contributed by atoms with Crippen molar-refractivity contribution < 1.29 is 18.4 Å². The lowest BCUT2D eigenvalue weighted by Gasteiger charge is -2.15. The summed E-state index contributed by atoms with van der Waals surface area (Å²) in [6.07, 6.45) is 0.555. The summed E-state index contributed by atoms with van der Waals surface area (Å²) in [5.41, 5.74) is 5.01. The predicted octanol–water partition coefficient (Wildman–Crippen LogP) is 0.0221. The molecule has 0 unspecified atom stereocenters. The number of hydrogen-bond donors (Lipinski definition) is 2. The van der Waals surface area contributed by atoms with Crippen LogP contribution in [-0.4, -0.2) is 41.9 Å². The van der Waals surface area contributed by atoms with E-state index < -0.39 is 26.4 Å². The summed E-state index contributed by atoms with van der Waals surface area (Å²) >= 11 is 0. The molecule has 0 spiro atoms. The Labute approximate surface area is 109 Å². The number of nitrogens with zero attached hydrogens (tertiary/aromatic N) is 2. The molecule has 104 valence electrons. The van der Waals surface area contributed by atoms with Gasteiger partial charge in [-0.25, -0.2) is 8.42 Å². The van der Waals surface area contributed by atoms with Crippen molar-refractivity contribution in [2.75, 3.05) is 13.1 Å². The number of nitro benzene ring substituents is 1. The number of phenolic OH excluding ortho intramolecular Hbond substituents is 1. The first-order valence-electron chi connectivity index (χ1n) is 5.55. The van der Waals surface area contributed by atoms with Gasteiger partial charge in [-0.3, -0.25) is 10.1 Å². The van der Waals surface area contributed by atoms with Gasteiger partial charge >= 0.3 is 5.69 Å². The van der Waals surface area contributed by atoms with Crippen molar-refractivity contribution in [1.82, 2.24) is 4.31 Å². The second-order valence-corrected chi connectivity index (χ2v) is 6.26. The molecule has 0 bridgehead atoms. The molecule has 0 radical (unpaired) electrons. The Bertz CT molecular complexity index is 616. The first-order chi connectivity index (χ1) is 8.82. The Morgan fingerprint density at radius 3 is 2.68 bits per heavy atom. The van der Waals surface area contributed by atoms with Crippen LogP contribution in [0.5, 0.6) is 5.75 Å². The van der Waals surface area contributed by atoms with E-state index in [2.05, 4.69) is 0 Å². The van der Waals surface area contributed by atoms with Gasteiger partial charge in [-0.1, -0.05) is 0 Å². The Morgan fingerprint density at radius 2 is 2.16 bits per heavy atom. The Morgan fingerprint density at radius 1 is 1.47 bits per heavy atom.